The molecule has 4 aromatic rings. The predicted molar refractivity (Wildman–Crippen MR) is 179 cm³/mol. The smallest absolute Gasteiger partial charge is 0.315 e. The van der Waals surface area contributed by atoms with Crippen molar-refractivity contribution >= 4 is 6.03 Å². The van der Waals surface area contributed by atoms with Gasteiger partial charge in [-0.1, -0.05) is 109 Å². The van der Waals surface area contributed by atoms with Crippen LogP contribution in [0.25, 0.3) is 0 Å². The van der Waals surface area contributed by atoms with Crippen LogP contribution in [-0.2, 0) is 35.7 Å². The molecule has 8 heteroatoms. The molecule has 0 saturated carbocycles. The number of amides is 2. The van der Waals surface area contributed by atoms with E-state index in [9.17, 15) is 9.90 Å². The maximum Gasteiger partial charge on any atom is 0.315 e. The maximum absolute atomic E-state index is 12.3. The normalized spacial score (nSPS) is 20.7. The fraction of sp³-hybridized carbons (Fsp3) is 0.342. The van der Waals surface area contributed by atoms with Crippen molar-refractivity contribution in [3.8, 4) is 0 Å². The number of benzene rings is 4. The molecular formula is C38H44N4O4. The van der Waals surface area contributed by atoms with Crippen molar-refractivity contribution in [3.05, 3.63) is 143 Å². The van der Waals surface area contributed by atoms with Gasteiger partial charge in [-0.25, -0.2) is 4.79 Å². The van der Waals surface area contributed by atoms with Crippen molar-refractivity contribution in [1.29, 1.82) is 0 Å². The summed E-state index contributed by atoms with van der Waals surface area (Å²) in [5, 5.41) is 15.4. The Bertz CT molecular complexity index is 1490. The summed E-state index contributed by atoms with van der Waals surface area (Å²) in [4.78, 5) is 17.4. The lowest BCUT2D eigenvalue weighted by molar-refractivity contribution is -0.253. The van der Waals surface area contributed by atoms with E-state index >= 15 is 0 Å². The predicted octanol–water partition coefficient (Wildman–Crippen LogP) is 5.54. The molecule has 4 aromatic carbocycles. The van der Waals surface area contributed by atoms with Gasteiger partial charge in [0.05, 0.1) is 18.8 Å². The van der Waals surface area contributed by atoms with Crippen LogP contribution >= 0.6 is 0 Å². The Morgan fingerprint density at radius 3 is 1.83 bits per heavy atom. The summed E-state index contributed by atoms with van der Waals surface area (Å²) in [6, 6.07) is 36.4. The van der Waals surface area contributed by atoms with Crippen molar-refractivity contribution < 1.29 is 19.4 Å². The molecule has 0 spiro atoms. The third-order valence-electron chi connectivity index (χ3n) is 8.79. The Balaban J connectivity index is 1.05. The number of hydrogen-bond acceptors (Lipinski definition) is 6. The van der Waals surface area contributed by atoms with Crippen LogP contribution in [0.2, 0.25) is 0 Å². The maximum atomic E-state index is 12.3. The van der Waals surface area contributed by atoms with Gasteiger partial charge in [0.2, 0.25) is 0 Å². The van der Waals surface area contributed by atoms with E-state index in [4.69, 9.17) is 9.47 Å². The van der Waals surface area contributed by atoms with Crippen molar-refractivity contribution in [2.75, 3.05) is 32.7 Å². The standard InChI is InChI=1S/C38H44N4O4/c43-28-32-13-15-33(16-14-32)36-23-35(27-42-21-19-41(20-22-42)26-31-9-5-2-6-10-31)45-37(46-36)34-17-11-30(12-18-34)25-40-38(44)39-24-29-7-3-1-4-8-29/h1-18,35-37,43H,19-28H2,(H2,39,40,44)/t35-,36+,37+/m1/s1. The molecule has 2 fully saturated rings. The molecule has 3 atom stereocenters. The Hall–Kier alpha value is -4.05. The van der Waals surface area contributed by atoms with Gasteiger partial charge in [-0.2, -0.15) is 0 Å². The molecule has 2 saturated heterocycles. The molecule has 0 aromatic heterocycles. The van der Waals surface area contributed by atoms with E-state index in [1.54, 1.807) is 0 Å². The lowest BCUT2D eigenvalue weighted by Gasteiger charge is -2.40. The Kier molecular flexibility index (Phi) is 11.1. The second-order valence-corrected chi connectivity index (χ2v) is 12.2. The van der Waals surface area contributed by atoms with Gasteiger partial charge in [0.1, 0.15) is 0 Å². The number of hydrogen-bond donors (Lipinski definition) is 3. The summed E-state index contributed by atoms with van der Waals surface area (Å²) in [6.07, 6.45) is 0.151. The molecule has 8 nitrogen and oxygen atoms in total. The van der Waals surface area contributed by atoms with Gasteiger partial charge in [-0.05, 0) is 27.8 Å². The van der Waals surface area contributed by atoms with E-state index in [1.807, 2.05) is 66.7 Å². The van der Waals surface area contributed by atoms with Crippen LogP contribution < -0.4 is 10.6 Å². The number of aliphatic hydroxyl groups excluding tert-OH is 1. The summed E-state index contributed by atoms with van der Waals surface area (Å²) >= 11 is 0. The molecule has 240 valence electrons. The van der Waals surface area contributed by atoms with Gasteiger partial charge in [0.25, 0.3) is 0 Å². The third-order valence-corrected chi connectivity index (χ3v) is 8.79. The molecule has 2 heterocycles. The Morgan fingerprint density at radius 2 is 1.20 bits per heavy atom. The zero-order valence-corrected chi connectivity index (χ0v) is 26.3. The minimum atomic E-state index is -0.503. The SMILES string of the molecule is O=C(NCc1ccccc1)NCc1ccc([C@H]2O[C@@H](CN3CCN(Cc4ccccc4)CC3)C[C@@H](c3ccc(CO)cc3)O2)cc1. The fourth-order valence-electron chi connectivity index (χ4n) is 6.11. The second kappa shape index (κ2) is 16.0. The van der Waals surface area contributed by atoms with E-state index in [0.29, 0.717) is 13.1 Å². The Labute approximate surface area is 272 Å². The summed E-state index contributed by atoms with van der Waals surface area (Å²) in [7, 11) is 0. The number of ether oxygens (including phenoxy) is 2. The van der Waals surface area contributed by atoms with E-state index < -0.39 is 6.29 Å². The second-order valence-electron chi connectivity index (χ2n) is 12.2. The number of nitrogens with zero attached hydrogens (tertiary/aromatic N) is 2. The zero-order chi connectivity index (χ0) is 31.6. The third kappa shape index (κ3) is 9.02. The van der Waals surface area contributed by atoms with Crippen LogP contribution in [0.5, 0.6) is 0 Å². The van der Waals surface area contributed by atoms with Gasteiger partial charge < -0.3 is 25.2 Å². The van der Waals surface area contributed by atoms with Gasteiger partial charge in [0, 0.05) is 64.3 Å². The number of rotatable bonds is 11. The average Bonchev–Trinajstić information content (AvgIpc) is 3.12. The average molecular weight is 621 g/mol. The molecule has 2 aliphatic rings. The highest BCUT2D eigenvalue weighted by molar-refractivity contribution is 5.73. The highest BCUT2D eigenvalue weighted by Gasteiger charge is 2.33. The van der Waals surface area contributed by atoms with Crippen LogP contribution in [0, 0.1) is 0 Å². The van der Waals surface area contributed by atoms with Crippen molar-refractivity contribution in [3.63, 3.8) is 0 Å². The van der Waals surface area contributed by atoms with Crippen LogP contribution in [-0.4, -0.2) is 59.8 Å². The minimum Gasteiger partial charge on any atom is -0.392 e. The molecule has 3 N–H and O–H groups in total. The number of piperazine rings is 1. The van der Waals surface area contributed by atoms with Crippen LogP contribution in [0.4, 0.5) is 4.79 Å². The molecule has 0 unspecified atom stereocenters. The van der Waals surface area contributed by atoms with Crippen molar-refractivity contribution in [1.82, 2.24) is 20.4 Å². The lowest BCUT2D eigenvalue weighted by atomic mass is 9.99. The van der Waals surface area contributed by atoms with E-state index in [0.717, 1.165) is 73.5 Å². The number of carbonyl (C=O) groups is 1. The van der Waals surface area contributed by atoms with Gasteiger partial charge in [-0.3, -0.25) is 9.80 Å². The minimum absolute atomic E-state index is 0.0107. The molecule has 0 radical (unpaired) electrons. The lowest BCUT2D eigenvalue weighted by Crippen LogP contribution is -2.49. The van der Waals surface area contributed by atoms with Crippen molar-refractivity contribution in [2.45, 2.75) is 51.2 Å². The molecule has 0 bridgehead atoms. The molecule has 46 heavy (non-hydrogen) atoms. The van der Waals surface area contributed by atoms with Gasteiger partial charge in [-0.15, -0.1) is 0 Å². The monoisotopic (exact) mass is 620 g/mol. The fourth-order valence-corrected chi connectivity index (χ4v) is 6.11. The van der Waals surface area contributed by atoms with Gasteiger partial charge in [0.15, 0.2) is 6.29 Å². The summed E-state index contributed by atoms with van der Waals surface area (Å²) in [5.74, 6) is 0. The van der Waals surface area contributed by atoms with Crippen LogP contribution in [0.15, 0.2) is 109 Å². The first-order valence-electron chi connectivity index (χ1n) is 16.2. The molecular weight excluding hydrogens is 576 g/mol. The van der Waals surface area contributed by atoms with Crippen molar-refractivity contribution in [2.24, 2.45) is 0 Å². The molecule has 2 amide bonds. The Morgan fingerprint density at radius 1 is 0.652 bits per heavy atom. The van der Waals surface area contributed by atoms with E-state index in [2.05, 4.69) is 62.9 Å². The van der Waals surface area contributed by atoms with Crippen LogP contribution in [0.3, 0.4) is 0 Å². The first-order chi connectivity index (χ1) is 22.6. The highest BCUT2D eigenvalue weighted by Crippen LogP contribution is 2.38. The number of urea groups is 1. The number of carbonyl (C=O) groups excluding carboxylic acids is 1. The summed E-state index contributed by atoms with van der Waals surface area (Å²) in [6.45, 7) is 6.85. The van der Waals surface area contributed by atoms with E-state index in [1.165, 1.54) is 5.56 Å². The highest BCUT2D eigenvalue weighted by atomic mass is 16.7. The first-order valence-corrected chi connectivity index (χ1v) is 16.2. The summed E-state index contributed by atoms with van der Waals surface area (Å²) < 4.78 is 13.2. The quantitative estimate of drug-likeness (QED) is 0.204. The van der Waals surface area contributed by atoms with Crippen LogP contribution in [0.1, 0.15) is 52.2 Å². The zero-order valence-electron chi connectivity index (χ0n) is 26.3. The molecule has 0 aliphatic carbocycles. The van der Waals surface area contributed by atoms with E-state index in [-0.39, 0.29) is 24.8 Å². The molecule has 6 rings (SSSR count). The molecule has 2 aliphatic heterocycles. The topological polar surface area (TPSA) is 86.3 Å². The number of nitrogens with one attached hydrogen (secondary N) is 2. The van der Waals surface area contributed by atoms with Gasteiger partial charge >= 0.3 is 6.03 Å². The summed E-state index contributed by atoms with van der Waals surface area (Å²) in [5.41, 5.74) is 6.33. The largest absolute Gasteiger partial charge is 0.392 e. The number of aliphatic hydroxyl groups is 1. The first kappa shape index (κ1) is 31.9.